The number of anilines is 2. The number of nitrogens with one attached hydrogen (secondary N) is 1. The summed E-state index contributed by atoms with van der Waals surface area (Å²) in [6.07, 6.45) is 5.71. The van der Waals surface area contributed by atoms with Gasteiger partial charge in [0.05, 0.1) is 5.69 Å². The number of imidazole rings is 1. The monoisotopic (exact) mass is 291 g/mol. The van der Waals surface area contributed by atoms with Gasteiger partial charge in [-0.05, 0) is 30.3 Å². The number of fused-ring (bicyclic) bond motifs is 1. The first-order chi connectivity index (χ1) is 9.26. The molecule has 3 rings (SSSR count). The lowest BCUT2D eigenvalue weighted by molar-refractivity contribution is 1.02. The van der Waals surface area contributed by atoms with Gasteiger partial charge in [-0.3, -0.25) is 0 Å². The molecule has 19 heavy (non-hydrogen) atoms. The van der Waals surface area contributed by atoms with Crippen molar-refractivity contribution in [3.63, 3.8) is 0 Å². The Bertz CT molecular complexity index is 703. The first kappa shape index (κ1) is 12.4. The molecule has 0 unspecified atom stereocenters. The van der Waals surface area contributed by atoms with Crippen LogP contribution in [0.5, 0.6) is 0 Å². The molecular formula is C12H13N5S2. The molecule has 0 atom stereocenters. The highest BCUT2D eigenvalue weighted by atomic mass is 32.2. The van der Waals surface area contributed by atoms with Crippen LogP contribution in [-0.2, 0) is 0 Å². The van der Waals surface area contributed by atoms with Crippen molar-refractivity contribution >= 4 is 39.8 Å². The molecule has 0 amide bonds. The fourth-order valence-electron chi connectivity index (χ4n) is 1.75. The van der Waals surface area contributed by atoms with Crippen LogP contribution in [-0.4, -0.2) is 24.5 Å². The van der Waals surface area contributed by atoms with Crippen molar-refractivity contribution in [2.24, 2.45) is 0 Å². The third kappa shape index (κ3) is 2.57. The standard InChI is InChI=1S/C12H13N5S2/c1-3-18-10-7-17-5-4-13-12(17)11(15-10)14-9-6-8(2)16-19-9/h4-7H,3H2,1-2H3,(H,14,15). The van der Waals surface area contributed by atoms with Crippen LogP contribution in [0.3, 0.4) is 0 Å². The van der Waals surface area contributed by atoms with Crippen LogP contribution < -0.4 is 5.32 Å². The minimum absolute atomic E-state index is 0.770. The molecule has 7 heteroatoms. The maximum Gasteiger partial charge on any atom is 0.180 e. The highest BCUT2D eigenvalue weighted by Crippen LogP contribution is 2.25. The van der Waals surface area contributed by atoms with Crippen LogP contribution in [0.1, 0.15) is 12.6 Å². The SMILES string of the molecule is CCSc1cn2ccnc2c(Nc2cc(C)ns2)n1. The molecule has 0 fully saturated rings. The maximum atomic E-state index is 4.61. The lowest BCUT2D eigenvalue weighted by Gasteiger charge is -2.07. The minimum atomic E-state index is 0.770. The number of thioether (sulfide) groups is 1. The zero-order valence-corrected chi connectivity index (χ0v) is 12.3. The van der Waals surface area contributed by atoms with Crippen LogP contribution >= 0.6 is 23.3 Å². The number of nitrogens with zero attached hydrogens (tertiary/aromatic N) is 4. The van der Waals surface area contributed by atoms with Crippen molar-refractivity contribution in [1.82, 2.24) is 18.7 Å². The Hall–Kier alpha value is -1.60. The molecule has 0 saturated heterocycles. The molecular weight excluding hydrogens is 278 g/mol. The van der Waals surface area contributed by atoms with Crippen molar-refractivity contribution < 1.29 is 0 Å². The van der Waals surface area contributed by atoms with Gasteiger partial charge in [0, 0.05) is 18.6 Å². The van der Waals surface area contributed by atoms with E-state index < -0.39 is 0 Å². The Morgan fingerprint density at radius 2 is 2.37 bits per heavy atom. The summed E-state index contributed by atoms with van der Waals surface area (Å²) in [6, 6.07) is 2.01. The second-order valence-corrected chi connectivity index (χ2v) is 6.07. The molecule has 0 aromatic carbocycles. The molecule has 0 bridgehead atoms. The van der Waals surface area contributed by atoms with E-state index in [1.807, 2.05) is 29.8 Å². The molecule has 98 valence electrons. The minimum Gasteiger partial charge on any atom is -0.328 e. The fourth-order valence-corrected chi connectivity index (χ4v) is 3.05. The van der Waals surface area contributed by atoms with E-state index in [-0.39, 0.29) is 0 Å². The normalized spacial score (nSPS) is 11.1. The molecule has 3 heterocycles. The zero-order valence-electron chi connectivity index (χ0n) is 10.6. The van der Waals surface area contributed by atoms with E-state index in [9.17, 15) is 0 Å². The van der Waals surface area contributed by atoms with Gasteiger partial charge in [-0.15, -0.1) is 11.8 Å². The van der Waals surface area contributed by atoms with Crippen LogP contribution in [0, 0.1) is 6.92 Å². The summed E-state index contributed by atoms with van der Waals surface area (Å²) in [5, 5.41) is 5.26. The van der Waals surface area contributed by atoms with E-state index in [0.29, 0.717) is 0 Å². The number of rotatable bonds is 4. The molecule has 3 aromatic heterocycles. The Morgan fingerprint density at radius 1 is 1.47 bits per heavy atom. The molecule has 0 aliphatic carbocycles. The van der Waals surface area contributed by atoms with Gasteiger partial charge in [-0.25, -0.2) is 9.97 Å². The second kappa shape index (κ2) is 5.18. The maximum absolute atomic E-state index is 4.61. The Kier molecular flexibility index (Phi) is 3.39. The van der Waals surface area contributed by atoms with Gasteiger partial charge in [-0.2, -0.15) is 4.37 Å². The predicted molar refractivity (Wildman–Crippen MR) is 79.5 cm³/mol. The number of hydrogen-bond acceptors (Lipinski definition) is 6. The van der Waals surface area contributed by atoms with Gasteiger partial charge in [0.15, 0.2) is 11.5 Å². The van der Waals surface area contributed by atoms with Gasteiger partial charge in [-0.1, -0.05) is 6.92 Å². The predicted octanol–water partition coefficient (Wildman–Crippen LogP) is 3.35. The third-order valence-electron chi connectivity index (χ3n) is 2.51. The Morgan fingerprint density at radius 3 is 3.11 bits per heavy atom. The Labute approximate surface area is 119 Å². The van der Waals surface area contributed by atoms with E-state index >= 15 is 0 Å². The summed E-state index contributed by atoms with van der Waals surface area (Å²) in [7, 11) is 0. The number of hydrogen-bond donors (Lipinski definition) is 1. The van der Waals surface area contributed by atoms with Gasteiger partial charge in [0.25, 0.3) is 0 Å². The molecule has 0 saturated carbocycles. The lowest BCUT2D eigenvalue weighted by Crippen LogP contribution is -1.98. The van der Waals surface area contributed by atoms with E-state index in [0.717, 1.165) is 32.9 Å². The van der Waals surface area contributed by atoms with Gasteiger partial charge < -0.3 is 9.72 Å². The van der Waals surface area contributed by atoms with E-state index in [4.69, 9.17) is 0 Å². The molecule has 0 aliphatic heterocycles. The van der Waals surface area contributed by atoms with Gasteiger partial charge in [0.1, 0.15) is 10.0 Å². The first-order valence-corrected chi connectivity index (χ1v) is 7.69. The summed E-state index contributed by atoms with van der Waals surface area (Å²) in [4.78, 5) is 8.95. The van der Waals surface area contributed by atoms with Crippen LogP contribution in [0.15, 0.2) is 29.7 Å². The topological polar surface area (TPSA) is 55.1 Å². The quantitative estimate of drug-likeness (QED) is 0.747. The first-order valence-electron chi connectivity index (χ1n) is 5.93. The van der Waals surface area contributed by atoms with Crippen molar-refractivity contribution in [2.45, 2.75) is 18.9 Å². The van der Waals surface area contributed by atoms with Crippen molar-refractivity contribution in [3.8, 4) is 0 Å². The molecule has 5 nitrogen and oxygen atoms in total. The zero-order chi connectivity index (χ0) is 13.2. The number of aromatic nitrogens is 4. The highest BCUT2D eigenvalue weighted by Gasteiger charge is 2.09. The molecule has 0 radical (unpaired) electrons. The van der Waals surface area contributed by atoms with Gasteiger partial charge in [0.2, 0.25) is 0 Å². The smallest absolute Gasteiger partial charge is 0.180 e. The summed E-state index contributed by atoms with van der Waals surface area (Å²) in [5.41, 5.74) is 1.83. The summed E-state index contributed by atoms with van der Waals surface area (Å²) >= 11 is 3.14. The van der Waals surface area contributed by atoms with Crippen LogP contribution in [0.25, 0.3) is 5.65 Å². The fraction of sp³-hybridized carbons (Fsp3) is 0.250. The molecule has 3 aromatic rings. The van der Waals surface area contributed by atoms with E-state index in [1.54, 1.807) is 18.0 Å². The summed E-state index contributed by atoms with van der Waals surface area (Å²) in [5.74, 6) is 1.76. The molecule has 1 N–H and O–H groups in total. The van der Waals surface area contributed by atoms with Crippen LogP contribution in [0.4, 0.5) is 10.8 Å². The molecule has 0 aliphatic rings. The highest BCUT2D eigenvalue weighted by molar-refractivity contribution is 7.99. The van der Waals surface area contributed by atoms with Crippen LogP contribution in [0.2, 0.25) is 0 Å². The van der Waals surface area contributed by atoms with Crippen molar-refractivity contribution in [1.29, 1.82) is 0 Å². The third-order valence-corrected chi connectivity index (χ3v) is 4.09. The molecule has 0 spiro atoms. The van der Waals surface area contributed by atoms with E-state index in [2.05, 4.69) is 26.6 Å². The summed E-state index contributed by atoms with van der Waals surface area (Å²) < 4.78 is 6.25. The summed E-state index contributed by atoms with van der Waals surface area (Å²) in [6.45, 7) is 4.09. The largest absolute Gasteiger partial charge is 0.328 e. The average molecular weight is 291 g/mol. The number of aryl methyl sites for hydroxylation is 1. The van der Waals surface area contributed by atoms with Gasteiger partial charge >= 0.3 is 0 Å². The van der Waals surface area contributed by atoms with Crippen molar-refractivity contribution in [2.75, 3.05) is 11.1 Å². The average Bonchev–Trinajstić information content (AvgIpc) is 2.99. The Balaban J connectivity index is 2.02. The second-order valence-electron chi connectivity index (χ2n) is 3.98. The van der Waals surface area contributed by atoms with Crippen molar-refractivity contribution in [3.05, 3.63) is 30.4 Å². The van der Waals surface area contributed by atoms with E-state index in [1.165, 1.54) is 11.5 Å². The lowest BCUT2D eigenvalue weighted by atomic mass is 10.5.